The van der Waals surface area contributed by atoms with E-state index in [1.54, 1.807) is 41.0 Å². The SMILES string of the molecule is C.C#CC#CC#CC#CC#CC#CC#CC#CC#CC#CC#CC#CC#CC#CC#CC#CC#CC#CC#CC#CC#CC#CC#CC#CC#CC#CC#CC.COc1ccc(Cn2cc3c(n2)N(O[Si](C(C)C)(C(C)C)C(C)C)C(=O)[C@@H](NC(=O)OC(C)(C)C)C3)cc1.Cl.N[C@H]1Cc2cn(Cc3ccc(OC(F)(F)F)cc3)nc2N(O)C1=O. The van der Waals surface area contributed by atoms with Crippen molar-refractivity contribution >= 4 is 50.3 Å². The van der Waals surface area contributed by atoms with E-state index < -0.39 is 44.4 Å². The Morgan fingerprint density at radius 2 is 0.798 bits per heavy atom. The second-order valence-corrected chi connectivity index (χ2v) is 29.4. The number of nitrogens with zero attached hydrogens (tertiary/aromatic N) is 6. The average Bonchev–Trinajstić information content (AvgIpc) is 1.58. The van der Waals surface area contributed by atoms with Crippen LogP contribution in [0, 0.1) is 320 Å². The number of ether oxygens (including phenoxy) is 3. The fraction of sp³-hybridized carbons (Fsp3) is 0.235. The summed E-state index contributed by atoms with van der Waals surface area (Å²) in [4.78, 5) is 38.1. The van der Waals surface area contributed by atoms with Gasteiger partial charge in [0.25, 0.3) is 11.8 Å². The summed E-state index contributed by atoms with van der Waals surface area (Å²) in [6.07, 6.45) is 3.68. The van der Waals surface area contributed by atoms with E-state index in [0.717, 1.165) is 16.9 Å². The van der Waals surface area contributed by atoms with Crippen molar-refractivity contribution in [2.45, 2.75) is 143 Å². The molecule has 2 atom stereocenters. The molecule has 119 heavy (non-hydrogen) atoms. The maximum absolute atomic E-state index is 13.9. The van der Waals surface area contributed by atoms with Gasteiger partial charge in [0.05, 0.1) is 26.2 Å². The molecule has 0 spiro atoms. The van der Waals surface area contributed by atoms with Crippen LogP contribution in [0.2, 0.25) is 16.6 Å². The van der Waals surface area contributed by atoms with Gasteiger partial charge in [-0.3, -0.25) is 24.2 Å². The minimum atomic E-state index is -4.74. The monoisotopic (exact) mass is 1600 g/mol. The van der Waals surface area contributed by atoms with E-state index in [0.29, 0.717) is 35.0 Å². The molecule has 578 valence electrons. The molecule has 0 aliphatic carbocycles. The highest BCUT2D eigenvalue weighted by molar-refractivity contribution is 6.78. The number of terminal acetylenes is 1. The summed E-state index contributed by atoms with van der Waals surface area (Å²) < 4.78 is 61.0. The fourth-order valence-electron chi connectivity index (χ4n) is 9.50. The zero-order chi connectivity index (χ0) is 85.4. The van der Waals surface area contributed by atoms with E-state index in [4.69, 9.17) is 31.3 Å². The Hall–Kier alpha value is -17.0. The molecule has 3 amide bonds. The van der Waals surface area contributed by atoms with Crippen LogP contribution in [0.1, 0.15) is 98.9 Å². The predicted molar refractivity (Wildman–Crippen MR) is 457 cm³/mol. The Bertz CT molecular complexity index is 6370. The van der Waals surface area contributed by atoms with E-state index in [1.807, 2.05) is 35.1 Å². The summed E-state index contributed by atoms with van der Waals surface area (Å²) in [6, 6.07) is 11.5. The lowest BCUT2D eigenvalue weighted by molar-refractivity contribution is -0.274. The van der Waals surface area contributed by atoms with E-state index in [2.05, 4.69) is 370 Å². The molecule has 2 aliphatic rings. The number of nitrogens with one attached hydrogen (secondary N) is 1. The molecule has 2 aromatic carbocycles. The van der Waals surface area contributed by atoms with Gasteiger partial charge in [-0.25, -0.2) is 4.79 Å². The van der Waals surface area contributed by atoms with Crippen LogP contribution >= 0.6 is 12.4 Å². The number of halogens is 4. The Kier molecular flexibility index (Phi) is 45.6. The van der Waals surface area contributed by atoms with Crippen molar-refractivity contribution in [3.8, 4) is 332 Å². The standard InChI is InChI=1S/C55H4.C28H44N4O5Si.C14H13F3N4O3.CH4.ClH/c1-3-5-7-9-11-13-15-17-19-21-23-25-27-29-31-33-35-37-39-41-43-45-47-49-51-53-55-54-52-50-48-46-44-42-40-38-36-34-32-30-28-26-24-22-20-18-16-14-12-10-8-6-4-2;1-18(2)38(19(3)4,20(5)6)37-32-25-22(15-24(26(32)33)29-27(34)36-28(7,8)9)17-31(30-25)16-21-11-13-23(35-10)14-12-21;15-14(16,17)24-10-3-1-8(2-4-10)6-20-7-9-5-11(18)13(22)21(23)12(9)19-20;;/h1H,2H3;11-14,17-20,24H,15-16H2,1-10H3,(H,29,34);1-4,7,11,23H,5-6,18H2;1H4;1H/t;24-;11-;;/m.00../s1. The number of carbonyl (C=O) groups is 3. The van der Waals surface area contributed by atoms with Crippen LogP contribution in [0.15, 0.2) is 60.9 Å². The quantitative estimate of drug-likeness (QED) is 0.0698. The predicted octanol–water partition coefficient (Wildman–Crippen LogP) is 9.05. The number of alkyl carbamates (subject to hydrolysis) is 1. The van der Waals surface area contributed by atoms with Gasteiger partial charge in [0, 0.05) is 249 Å². The summed E-state index contributed by atoms with van der Waals surface area (Å²) >= 11 is 0. The lowest BCUT2D eigenvalue weighted by Crippen LogP contribution is -2.59. The van der Waals surface area contributed by atoms with Crippen molar-refractivity contribution in [1.82, 2.24) is 24.9 Å². The Balaban J connectivity index is 0.000000645. The highest BCUT2D eigenvalue weighted by Crippen LogP contribution is 2.44. The molecular formula is C98H66ClF3N8O8Si. The van der Waals surface area contributed by atoms with E-state index in [1.165, 1.54) is 34.0 Å². The Morgan fingerprint density at radius 1 is 0.504 bits per heavy atom. The maximum Gasteiger partial charge on any atom is 0.573 e. The number of aromatic nitrogens is 4. The first-order valence-electron chi connectivity index (χ1n) is 34.1. The molecule has 0 unspecified atom stereocenters. The number of nitrogens with two attached hydrogens (primary N) is 1. The minimum absolute atomic E-state index is 0. The van der Waals surface area contributed by atoms with Gasteiger partial charge in [0.1, 0.15) is 23.1 Å². The third-order valence-electron chi connectivity index (χ3n) is 13.9. The number of hydroxylamine groups is 2. The summed E-state index contributed by atoms with van der Waals surface area (Å²) in [5.41, 5.74) is 8.85. The lowest BCUT2D eigenvalue weighted by Gasteiger charge is -2.45. The molecule has 0 bridgehead atoms. The molecule has 0 fully saturated rings. The molecule has 4 N–H and O–H groups in total. The largest absolute Gasteiger partial charge is 0.573 e. The van der Waals surface area contributed by atoms with E-state index in [9.17, 15) is 32.8 Å². The number of alkyl halides is 3. The second-order valence-electron chi connectivity index (χ2n) is 24.1. The first kappa shape index (κ1) is 98.0. The summed E-state index contributed by atoms with van der Waals surface area (Å²) in [5.74, 6) is 132. The van der Waals surface area contributed by atoms with Crippen molar-refractivity contribution < 1.29 is 51.5 Å². The van der Waals surface area contributed by atoms with Gasteiger partial charge < -0.3 is 29.8 Å². The molecule has 6 rings (SSSR count). The van der Waals surface area contributed by atoms with Gasteiger partial charge in [-0.05, 0) is 174 Å². The molecule has 21 heteroatoms. The number of amides is 3. The van der Waals surface area contributed by atoms with E-state index >= 15 is 0 Å². The van der Waals surface area contributed by atoms with E-state index in [-0.39, 0.29) is 66.9 Å². The van der Waals surface area contributed by atoms with Gasteiger partial charge in [-0.2, -0.15) is 20.3 Å². The number of anilines is 2. The zero-order valence-corrected chi connectivity index (χ0v) is 67.0. The molecule has 2 aromatic heterocycles. The van der Waals surface area contributed by atoms with Crippen LogP contribution in [0.4, 0.5) is 29.6 Å². The minimum Gasteiger partial charge on any atom is -0.497 e. The molecule has 2 aliphatic heterocycles. The van der Waals surface area contributed by atoms with Gasteiger partial charge in [0.15, 0.2) is 11.6 Å². The van der Waals surface area contributed by atoms with Crippen molar-refractivity contribution in [3.05, 3.63) is 83.2 Å². The first-order chi connectivity index (χ1) is 56.3. The van der Waals surface area contributed by atoms with Crippen molar-refractivity contribution in [1.29, 1.82) is 0 Å². The average molecular weight is 1600 g/mol. The van der Waals surface area contributed by atoms with Gasteiger partial charge in [-0.15, -0.1) is 32.0 Å². The number of rotatable bonds is 12. The van der Waals surface area contributed by atoms with Gasteiger partial charge >= 0.3 is 12.5 Å². The molecule has 0 radical (unpaired) electrons. The highest BCUT2D eigenvalue weighted by atomic mass is 35.5. The van der Waals surface area contributed by atoms with Crippen molar-refractivity contribution in [2.24, 2.45) is 5.73 Å². The number of methoxy groups -OCH3 is 1. The summed E-state index contributed by atoms with van der Waals surface area (Å²) in [5, 5.41) is 23.2. The van der Waals surface area contributed by atoms with Crippen LogP contribution in [0.25, 0.3) is 0 Å². The molecule has 4 aromatic rings. The number of carbonyl (C=O) groups excluding carboxylic acids is 3. The maximum atomic E-state index is 13.9. The fourth-order valence-corrected chi connectivity index (χ4v) is 14.6. The van der Waals surface area contributed by atoms with Gasteiger partial charge in [-0.1, -0.05) is 79.2 Å². The molecule has 4 heterocycles. The summed E-state index contributed by atoms with van der Waals surface area (Å²) in [7, 11) is -0.873. The molecule has 16 nitrogen and oxygen atoms in total. The summed E-state index contributed by atoms with van der Waals surface area (Å²) in [6.45, 7) is 20.8. The normalized spacial score (nSPS) is 10.6. The van der Waals surface area contributed by atoms with Crippen LogP contribution in [-0.2, 0) is 44.8 Å². The Labute approximate surface area is 703 Å². The first-order valence-corrected chi connectivity index (χ1v) is 36.2. The topological polar surface area (TPSA) is 189 Å². The highest BCUT2D eigenvalue weighted by Gasteiger charge is 2.51. The third-order valence-corrected chi connectivity index (χ3v) is 19.8. The zero-order valence-electron chi connectivity index (χ0n) is 65.2. The Morgan fingerprint density at radius 3 is 1.08 bits per heavy atom. The molecule has 0 saturated carbocycles. The van der Waals surface area contributed by atoms with Crippen LogP contribution in [0.5, 0.6) is 11.5 Å². The van der Waals surface area contributed by atoms with Crippen LogP contribution in [0.3, 0.4) is 0 Å². The number of hydrogen-bond donors (Lipinski definition) is 3. The van der Waals surface area contributed by atoms with Crippen molar-refractivity contribution in [2.75, 3.05) is 17.2 Å². The number of hydrogen-bond acceptors (Lipinski definition) is 11. The molecular weight excluding hydrogens is 1540 g/mol. The smallest absolute Gasteiger partial charge is 0.497 e. The lowest BCUT2D eigenvalue weighted by atomic mass is 10.0. The number of fused-ring (bicyclic) bond motifs is 2. The number of benzene rings is 2. The third kappa shape index (κ3) is 39.6. The molecule has 0 saturated heterocycles. The second kappa shape index (κ2) is 55.4. The van der Waals surface area contributed by atoms with Gasteiger partial charge in [0.2, 0.25) is 8.32 Å². The van der Waals surface area contributed by atoms with Crippen molar-refractivity contribution in [3.63, 3.8) is 0 Å². The van der Waals surface area contributed by atoms with Crippen LogP contribution in [-0.4, -0.2) is 82.2 Å². The van der Waals surface area contributed by atoms with Crippen LogP contribution < -0.4 is 30.7 Å².